The Morgan fingerprint density at radius 2 is 2.00 bits per heavy atom. The lowest BCUT2D eigenvalue weighted by atomic mass is 9.84. The van der Waals surface area contributed by atoms with Gasteiger partial charge in [-0.15, -0.1) is 0 Å². The monoisotopic (exact) mass is 283 g/mol. The van der Waals surface area contributed by atoms with E-state index in [0.29, 0.717) is 6.61 Å². The van der Waals surface area contributed by atoms with E-state index in [-0.39, 0.29) is 0 Å². The third kappa shape index (κ3) is 2.84. The van der Waals surface area contributed by atoms with Crippen LogP contribution in [-0.4, -0.2) is 0 Å². The zero-order chi connectivity index (χ0) is 11.4. The molecule has 0 spiro atoms. The van der Waals surface area contributed by atoms with Crippen LogP contribution in [0.5, 0.6) is 0 Å². The molecule has 0 radical (unpaired) electrons. The van der Waals surface area contributed by atoms with Crippen molar-refractivity contribution in [2.75, 3.05) is 0 Å². The summed E-state index contributed by atoms with van der Waals surface area (Å²) in [5.74, 6) is 5.81. The van der Waals surface area contributed by atoms with Gasteiger partial charge in [0.2, 0.25) is 0 Å². The van der Waals surface area contributed by atoms with Crippen molar-refractivity contribution in [3.63, 3.8) is 0 Å². The van der Waals surface area contributed by atoms with Crippen molar-refractivity contribution in [1.82, 2.24) is 0 Å². The Hall–Kier alpha value is -0.380. The molecule has 0 aromatic heterocycles. The summed E-state index contributed by atoms with van der Waals surface area (Å²) in [4.78, 5) is 4.65. The molecule has 16 heavy (non-hydrogen) atoms. The van der Waals surface area contributed by atoms with Gasteiger partial charge in [-0.25, -0.2) is 5.90 Å². The maximum atomic E-state index is 5.08. The van der Waals surface area contributed by atoms with Crippen LogP contribution in [-0.2, 0) is 11.4 Å². The summed E-state index contributed by atoms with van der Waals surface area (Å²) < 4.78 is 1.20. The van der Waals surface area contributed by atoms with Gasteiger partial charge in [-0.2, -0.15) is 0 Å². The fourth-order valence-corrected chi connectivity index (χ4v) is 3.25. The molecule has 0 amide bonds. The molecule has 0 unspecified atom stereocenters. The van der Waals surface area contributed by atoms with E-state index in [1.165, 1.54) is 42.1 Å². The standard InChI is InChI=1S/C13H18BrNO/c14-13-8-10(9-16-15)6-7-12(13)11-4-2-1-3-5-11/h6-8,11H,1-5,9,15H2. The van der Waals surface area contributed by atoms with Crippen LogP contribution in [0.2, 0.25) is 0 Å². The first-order valence-electron chi connectivity index (χ1n) is 5.91. The second-order valence-corrected chi connectivity index (χ2v) is 5.36. The van der Waals surface area contributed by atoms with Crippen molar-refractivity contribution in [3.8, 4) is 0 Å². The second-order valence-electron chi connectivity index (χ2n) is 4.50. The van der Waals surface area contributed by atoms with E-state index >= 15 is 0 Å². The van der Waals surface area contributed by atoms with Crippen LogP contribution >= 0.6 is 15.9 Å². The van der Waals surface area contributed by atoms with Crippen molar-refractivity contribution in [3.05, 3.63) is 33.8 Å². The summed E-state index contributed by atoms with van der Waals surface area (Å²) >= 11 is 3.66. The molecule has 1 fully saturated rings. The Kier molecular flexibility index (Phi) is 4.38. The molecule has 1 aliphatic carbocycles. The van der Waals surface area contributed by atoms with Gasteiger partial charge in [0.15, 0.2) is 0 Å². The molecule has 88 valence electrons. The van der Waals surface area contributed by atoms with Gasteiger partial charge in [0.05, 0.1) is 6.61 Å². The number of hydrogen-bond acceptors (Lipinski definition) is 2. The zero-order valence-electron chi connectivity index (χ0n) is 9.42. The normalized spacial score (nSPS) is 17.6. The maximum Gasteiger partial charge on any atom is 0.0930 e. The topological polar surface area (TPSA) is 35.2 Å². The van der Waals surface area contributed by atoms with Crippen LogP contribution in [0, 0.1) is 0 Å². The zero-order valence-corrected chi connectivity index (χ0v) is 11.0. The molecule has 2 nitrogen and oxygen atoms in total. The van der Waals surface area contributed by atoms with Gasteiger partial charge >= 0.3 is 0 Å². The van der Waals surface area contributed by atoms with Crippen LogP contribution in [0.3, 0.4) is 0 Å². The molecule has 2 rings (SSSR count). The molecule has 1 aromatic carbocycles. The van der Waals surface area contributed by atoms with Crippen LogP contribution in [0.25, 0.3) is 0 Å². The summed E-state index contributed by atoms with van der Waals surface area (Å²) in [5, 5.41) is 0. The lowest BCUT2D eigenvalue weighted by Crippen LogP contribution is -2.06. The minimum absolute atomic E-state index is 0.476. The summed E-state index contributed by atoms with van der Waals surface area (Å²) in [6.07, 6.45) is 6.78. The first-order chi connectivity index (χ1) is 7.81. The molecule has 0 aliphatic heterocycles. The summed E-state index contributed by atoms with van der Waals surface area (Å²) in [6, 6.07) is 6.45. The highest BCUT2D eigenvalue weighted by molar-refractivity contribution is 9.10. The van der Waals surface area contributed by atoms with E-state index in [0.717, 1.165) is 11.5 Å². The third-order valence-electron chi connectivity index (χ3n) is 3.36. The summed E-state index contributed by atoms with van der Waals surface area (Å²) in [6.45, 7) is 0.476. The maximum absolute atomic E-state index is 5.08. The van der Waals surface area contributed by atoms with Gasteiger partial charge in [-0.05, 0) is 36.0 Å². The Labute approximate surface area is 105 Å². The first-order valence-corrected chi connectivity index (χ1v) is 6.70. The van der Waals surface area contributed by atoms with Crippen LogP contribution in [0.15, 0.2) is 22.7 Å². The average molecular weight is 284 g/mol. The van der Waals surface area contributed by atoms with Crippen molar-refractivity contribution < 1.29 is 4.84 Å². The van der Waals surface area contributed by atoms with E-state index in [1.54, 1.807) is 0 Å². The third-order valence-corrected chi connectivity index (χ3v) is 4.05. The Bertz CT molecular complexity index is 348. The van der Waals surface area contributed by atoms with Crippen molar-refractivity contribution in [2.45, 2.75) is 44.6 Å². The van der Waals surface area contributed by atoms with Gasteiger partial charge in [0.25, 0.3) is 0 Å². The summed E-state index contributed by atoms with van der Waals surface area (Å²) in [7, 11) is 0. The summed E-state index contributed by atoms with van der Waals surface area (Å²) in [5.41, 5.74) is 2.56. The first kappa shape index (κ1) is 12.1. The Balaban J connectivity index is 2.14. The van der Waals surface area contributed by atoms with E-state index in [2.05, 4.69) is 39.0 Å². The van der Waals surface area contributed by atoms with E-state index in [1.807, 2.05) is 0 Å². The van der Waals surface area contributed by atoms with Crippen molar-refractivity contribution in [2.24, 2.45) is 5.90 Å². The second kappa shape index (κ2) is 5.80. The minimum Gasteiger partial charge on any atom is -0.300 e. The smallest absolute Gasteiger partial charge is 0.0930 e. The number of nitrogens with two attached hydrogens (primary N) is 1. The quantitative estimate of drug-likeness (QED) is 0.855. The molecule has 0 bridgehead atoms. The average Bonchev–Trinajstić information content (AvgIpc) is 2.31. The predicted octanol–water partition coefficient (Wildman–Crippen LogP) is 3.89. The lowest BCUT2D eigenvalue weighted by Gasteiger charge is -2.23. The highest BCUT2D eigenvalue weighted by Gasteiger charge is 2.17. The van der Waals surface area contributed by atoms with Crippen LogP contribution in [0.1, 0.15) is 49.1 Å². The molecule has 0 atom stereocenters. The Morgan fingerprint density at radius 3 is 2.62 bits per heavy atom. The van der Waals surface area contributed by atoms with E-state index in [9.17, 15) is 0 Å². The fraction of sp³-hybridized carbons (Fsp3) is 0.538. The van der Waals surface area contributed by atoms with Crippen LogP contribution < -0.4 is 5.90 Å². The fourth-order valence-electron chi connectivity index (χ4n) is 2.50. The lowest BCUT2D eigenvalue weighted by molar-refractivity contribution is 0.124. The molecule has 1 saturated carbocycles. The van der Waals surface area contributed by atoms with E-state index < -0.39 is 0 Å². The minimum atomic E-state index is 0.476. The molecule has 0 heterocycles. The molecule has 1 aliphatic rings. The number of hydrogen-bond donors (Lipinski definition) is 1. The molecule has 2 N–H and O–H groups in total. The van der Waals surface area contributed by atoms with Gasteiger partial charge < -0.3 is 0 Å². The van der Waals surface area contributed by atoms with Crippen LogP contribution in [0.4, 0.5) is 0 Å². The highest BCUT2D eigenvalue weighted by Crippen LogP contribution is 2.36. The Morgan fingerprint density at radius 1 is 1.25 bits per heavy atom. The highest BCUT2D eigenvalue weighted by atomic mass is 79.9. The van der Waals surface area contributed by atoms with Crippen molar-refractivity contribution in [1.29, 1.82) is 0 Å². The number of rotatable bonds is 3. The molecular formula is C13H18BrNO. The molecular weight excluding hydrogens is 266 g/mol. The molecule has 0 saturated heterocycles. The number of halogens is 1. The number of benzene rings is 1. The van der Waals surface area contributed by atoms with Gasteiger partial charge in [0.1, 0.15) is 0 Å². The van der Waals surface area contributed by atoms with E-state index in [4.69, 9.17) is 5.90 Å². The van der Waals surface area contributed by atoms with Crippen molar-refractivity contribution >= 4 is 15.9 Å². The predicted molar refractivity (Wildman–Crippen MR) is 68.9 cm³/mol. The van der Waals surface area contributed by atoms with Gasteiger partial charge in [-0.3, -0.25) is 4.84 Å². The molecule has 3 heteroatoms. The van der Waals surface area contributed by atoms with Gasteiger partial charge in [0, 0.05) is 4.47 Å². The molecule has 1 aromatic rings. The van der Waals surface area contributed by atoms with Gasteiger partial charge in [-0.1, -0.05) is 47.3 Å². The largest absolute Gasteiger partial charge is 0.300 e. The SMILES string of the molecule is NOCc1ccc(C2CCCCC2)c(Br)c1.